The van der Waals surface area contributed by atoms with Crippen LogP contribution in [0.1, 0.15) is 6.42 Å². The molecule has 2 rings (SSSR count). The van der Waals surface area contributed by atoms with Crippen molar-refractivity contribution in [2.45, 2.75) is 13.0 Å². The fourth-order valence-electron chi connectivity index (χ4n) is 1.96. The number of rotatable bonds is 7. The Morgan fingerprint density at radius 2 is 2.16 bits per heavy atom. The summed E-state index contributed by atoms with van der Waals surface area (Å²) in [6.07, 6.45) is 0.885. The Morgan fingerprint density at radius 1 is 1.32 bits per heavy atom. The zero-order valence-electron chi connectivity index (χ0n) is 10.8. The third kappa shape index (κ3) is 3.57. The summed E-state index contributed by atoms with van der Waals surface area (Å²) in [6, 6.07) is 5.76. The van der Waals surface area contributed by atoms with Crippen LogP contribution in [0.3, 0.4) is 0 Å². The summed E-state index contributed by atoms with van der Waals surface area (Å²) in [5.41, 5.74) is 1.93. The van der Waals surface area contributed by atoms with E-state index in [1.807, 2.05) is 22.8 Å². The lowest BCUT2D eigenvalue weighted by molar-refractivity contribution is 0.0681. The van der Waals surface area contributed by atoms with Crippen molar-refractivity contribution < 1.29 is 9.47 Å². The third-order valence-corrected chi connectivity index (χ3v) is 3.47. The Kier molecular flexibility index (Phi) is 5.39. The van der Waals surface area contributed by atoms with Crippen molar-refractivity contribution >= 4 is 34.9 Å². The minimum absolute atomic E-state index is 0.622. The number of para-hydroxylation sites is 1. The molecule has 0 radical (unpaired) electrons. The van der Waals surface area contributed by atoms with Gasteiger partial charge in [-0.2, -0.15) is 0 Å². The first-order valence-electron chi connectivity index (χ1n) is 6.17. The third-order valence-electron chi connectivity index (χ3n) is 2.85. The number of H-pyrrole nitrogens is 1. The van der Waals surface area contributed by atoms with Crippen LogP contribution < -0.4 is 0 Å². The molecule has 0 bridgehead atoms. The molecule has 1 aromatic carbocycles. The van der Waals surface area contributed by atoms with E-state index in [-0.39, 0.29) is 0 Å². The quantitative estimate of drug-likeness (QED) is 0.629. The molecule has 1 aromatic heterocycles. The maximum atomic E-state index is 6.22. The summed E-state index contributed by atoms with van der Waals surface area (Å²) in [7, 11) is 1.66. The minimum Gasteiger partial charge on any atom is -0.382 e. The number of aromatic amines is 1. The molecule has 0 unspecified atom stereocenters. The van der Waals surface area contributed by atoms with E-state index < -0.39 is 0 Å². The highest BCUT2D eigenvalue weighted by Crippen LogP contribution is 2.23. The molecule has 0 aliphatic rings. The molecule has 4 nitrogen and oxygen atoms in total. The molecule has 0 amide bonds. The van der Waals surface area contributed by atoms with Gasteiger partial charge in [0.15, 0.2) is 4.77 Å². The van der Waals surface area contributed by atoms with Gasteiger partial charge in [-0.3, -0.25) is 0 Å². The number of ether oxygens (including phenoxy) is 2. The van der Waals surface area contributed by atoms with Gasteiger partial charge in [0, 0.05) is 20.3 Å². The van der Waals surface area contributed by atoms with Crippen LogP contribution in [0.2, 0.25) is 5.02 Å². The molecule has 0 aliphatic carbocycles. The summed E-state index contributed by atoms with van der Waals surface area (Å²) < 4.78 is 13.1. The first-order valence-corrected chi connectivity index (χ1v) is 6.96. The van der Waals surface area contributed by atoms with Crippen molar-refractivity contribution in [3.8, 4) is 0 Å². The molecule has 0 fully saturated rings. The van der Waals surface area contributed by atoms with Crippen LogP contribution in [0.25, 0.3) is 11.0 Å². The smallest absolute Gasteiger partial charge is 0.178 e. The van der Waals surface area contributed by atoms with Crippen molar-refractivity contribution in [1.82, 2.24) is 9.55 Å². The largest absolute Gasteiger partial charge is 0.382 e. The SMILES string of the molecule is COCCOCCCn1c(=S)[nH]c2cccc(Cl)c21. The van der Waals surface area contributed by atoms with Gasteiger partial charge < -0.3 is 19.0 Å². The Morgan fingerprint density at radius 3 is 2.95 bits per heavy atom. The molecule has 0 saturated heterocycles. The summed E-state index contributed by atoms with van der Waals surface area (Å²) in [4.78, 5) is 3.16. The lowest BCUT2D eigenvalue weighted by atomic mass is 10.3. The zero-order valence-corrected chi connectivity index (χ0v) is 12.4. The Bertz CT molecular complexity index is 594. The standard InChI is InChI=1S/C13H17ClN2O2S/c1-17-8-9-18-7-3-6-16-12-10(14)4-2-5-11(12)15-13(16)19/h2,4-5H,3,6-9H2,1H3,(H,15,19). The van der Waals surface area contributed by atoms with Crippen molar-refractivity contribution in [3.05, 3.63) is 28.0 Å². The maximum Gasteiger partial charge on any atom is 0.178 e. The number of nitrogens with zero attached hydrogens (tertiary/aromatic N) is 1. The van der Waals surface area contributed by atoms with E-state index >= 15 is 0 Å². The van der Waals surface area contributed by atoms with Crippen molar-refractivity contribution in [1.29, 1.82) is 0 Å². The molecule has 0 saturated carbocycles. The second-order valence-corrected chi connectivity index (χ2v) is 4.97. The van der Waals surface area contributed by atoms with Gasteiger partial charge in [-0.15, -0.1) is 0 Å². The molecule has 0 aliphatic heterocycles. The van der Waals surface area contributed by atoms with E-state index in [4.69, 9.17) is 33.3 Å². The van der Waals surface area contributed by atoms with Gasteiger partial charge in [-0.05, 0) is 30.8 Å². The topological polar surface area (TPSA) is 39.2 Å². The molecule has 0 atom stereocenters. The normalized spacial score (nSPS) is 11.3. The van der Waals surface area contributed by atoms with Crippen LogP contribution >= 0.6 is 23.8 Å². The van der Waals surface area contributed by atoms with Gasteiger partial charge >= 0.3 is 0 Å². The lowest BCUT2D eigenvalue weighted by Gasteiger charge is -2.06. The Labute approximate surface area is 122 Å². The van der Waals surface area contributed by atoms with Crippen molar-refractivity contribution in [2.24, 2.45) is 0 Å². The summed E-state index contributed by atoms with van der Waals surface area (Å²) in [6.45, 7) is 2.71. The second kappa shape index (κ2) is 7.05. The number of methoxy groups -OCH3 is 1. The summed E-state index contributed by atoms with van der Waals surface area (Å²) in [5.74, 6) is 0. The number of benzene rings is 1. The predicted molar refractivity (Wildman–Crippen MR) is 79.4 cm³/mol. The van der Waals surface area contributed by atoms with Gasteiger partial charge in [0.25, 0.3) is 0 Å². The Balaban J connectivity index is 2.00. The summed E-state index contributed by atoms with van der Waals surface area (Å²) >= 11 is 11.5. The average molecular weight is 301 g/mol. The molecule has 2 aromatic rings. The monoisotopic (exact) mass is 300 g/mol. The molecule has 104 valence electrons. The number of hydrogen-bond donors (Lipinski definition) is 1. The van der Waals surface area contributed by atoms with E-state index in [0.717, 1.165) is 24.0 Å². The molecule has 1 N–H and O–H groups in total. The van der Waals surface area contributed by atoms with E-state index in [0.29, 0.717) is 29.6 Å². The highest BCUT2D eigenvalue weighted by atomic mass is 35.5. The fourth-order valence-corrected chi connectivity index (χ4v) is 2.53. The van der Waals surface area contributed by atoms with Gasteiger partial charge in [0.1, 0.15) is 0 Å². The number of aryl methyl sites for hydroxylation is 1. The van der Waals surface area contributed by atoms with E-state index in [1.165, 1.54) is 0 Å². The summed E-state index contributed by atoms with van der Waals surface area (Å²) in [5, 5.41) is 0.713. The second-order valence-electron chi connectivity index (χ2n) is 4.18. The lowest BCUT2D eigenvalue weighted by Crippen LogP contribution is -2.06. The van der Waals surface area contributed by atoms with Crippen LogP contribution in [0.5, 0.6) is 0 Å². The number of aromatic nitrogens is 2. The van der Waals surface area contributed by atoms with Crippen LogP contribution in [-0.4, -0.2) is 36.5 Å². The van der Waals surface area contributed by atoms with Gasteiger partial charge in [0.05, 0.1) is 29.3 Å². The molecular formula is C13H17ClN2O2S. The Hall–Kier alpha value is -0.880. The van der Waals surface area contributed by atoms with Crippen LogP contribution in [0.15, 0.2) is 18.2 Å². The van der Waals surface area contributed by atoms with Gasteiger partial charge in [0.2, 0.25) is 0 Å². The highest BCUT2D eigenvalue weighted by molar-refractivity contribution is 7.71. The molecule has 19 heavy (non-hydrogen) atoms. The van der Waals surface area contributed by atoms with Crippen molar-refractivity contribution in [2.75, 3.05) is 26.9 Å². The first kappa shape index (κ1) is 14.5. The van der Waals surface area contributed by atoms with Gasteiger partial charge in [-0.25, -0.2) is 0 Å². The molecular weight excluding hydrogens is 284 g/mol. The molecule has 0 spiro atoms. The van der Waals surface area contributed by atoms with Crippen LogP contribution in [0.4, 0.5) is 0 Å². The number of nitrogens with one attached hydrogen (secondary N) is 1. The number of hydrogen-bond acceptors (Lipinski definition) is 3. The average Bonchev–Trinajstić information content (AvgIpc) is 2.71. The van der Waals surface area contributed by atoms with Crippen LogP contribution in [-0.2, 0) is 16.0 Å². The number of halogens is 1. The minimum atomic E-state index is 0.622. The maximum absolute atomic E-state index is 6.22. The van der Waals surface area contributed by atoms with Crippen molar-refractivity contribution in [3.63, 3.8) is 0 Å². The van der Waals surface area contributed by atoms with E-state index in [2.05, 4.69) is 4.98 Å². The predicted octanol–water partition coefficient (Wildman–Crippen LogP) is 3.41. The number of fused-ring (bicyclic) bond motifs is 1. The van der Waals surface area contributed by atoms with E-state index in [1.54, 1.807) is 7.11 Å². The molecule has 1 heterocycles. The fraction of sp³-hybridized carbons (Fsp3) is 0.462. The molecule has 6 heteroatoms. The van der Waals surface area contributed by atoms with E-state index in [9.17, 15) is 0 Å². The first-order chi connectivity index (χ1) is 9.24. The van der Waals surface area contributed by atoms with Gasteiger partial charge in [-0.1, -0.05) is 17.7 Å². The van der Waals surface area contributed by atoms with Crippen LogP contribution in [0, 0.1) is 4.77 Å². The number of imidazole rings is 1. The highest BCUT2D eigenvalue weighted by Gasteiger charge is 2.07. The zero-order chi connectivity index (χ0) is 13.7.